The van der Waals surface area contributed by atoms with Gasteiger partial charge in [0.05, 0.1) is 5.54 Å². The number of carboxylic acid groups (broad SMARTS) is 1. The molecule has 5 heteroatoms. The zero-order chi connectivity index (χ0) is 14.2. The Balaban J connectivity index is 2.44. The van der Waals surface area contributed by atoms with Crippen LogP contribution in [-0.4, -0.2) is 34.0 Å². The summed E-state index contributed by atoms with van der Waals surface area (Å²) < 4.78 is 0. The minimum Gasteiger partial charge on any atom is -0.479 e. The molecule has 19 heavy (non-hydrogen) atoms. The van der Waals surface area contributed by atoms with Gasteiger partial charge in [-0.2, -0.15) is 0 Å². The maximum absolute atomic E-state index is 12.3. The van der Waals surface area contributed by atoms with Crippen molar-refractivity contribution in [1.29, 1.82) is 0 Å². The first-order valence-corrected chi connectivity index (χ1v) is 6.23. The number of fused-ring (bicyclic) bond motifs is 1. The minimum atomic E-state index is -1.07. The molecule has 1 atom stereocenters. The van der Waals surface area contributed by atoms with Gasteiger partial charge in [-0.15, -0.1) is 0 Å². The summed E-state index contributed by atoms with van der Waals surface area (Å²) in [6.07, 6.45) is 0.655. The Hall–Kier alpha value is -1.88. The van der Waals surface area contributed by atoms with Crippen LogP contribution in [0.15, 0.2) is 24.3 Å². The van der Waals surface area contributed by atoms with Gasteiger partial charge in [0.25, 0.3) is 0 Å². The molecule has 5 nitrogen and oxygen atoms in total. The van der Waals surface area contributed by atoms with Crippen LogP contribution in [0.5, 0.6) is 0 Å². The summed E-state index contributed by atoms with van der Waals surface area (Å²) in [5.74, 6) is -1.36. The average molecular weight is 262 g/mol. The topological polar surface area (TPSA) is 83.6 Å². The summed E-state index contributed by atoms with van der Waals surface area (Å²) in [4.78, 5) is 25.2. The van der Waals surface area contributed by atoms with E-state index in [4.69, 9.17) is 5.73 Å². The van der Waals surface area contributed by atoms with E-state index in [0.717, 1.165) is 5.56 Å². The molecular weight excluding hydrogens is 244 g/mol. The fourth-order valence-electron chi connectivity index (χ4n) is 2.42. The number of carboxylic acids is 1. The third kappa shape index (κ3) is 2.46. The van der Waals surface area contributed by atoms with E-state index < -0.39 is 17.6 Å². The van der Waals surface area contributed by atoms with Crippen LogP contribution in [0.25, 0.3) is 0 Å². The lowest BCUT2D eigenvalue weighted by molar-refractivity contribution is -0.153. The van der Waals surface area contributed by atoms with Crippen molar-refractivity contribution in [2.75, 3.05) is 6.54 Å². The zero-order valence-electron chi connectivity index (χ0n) is 11.1. The number of hydrogen-bond acceptors (Lipinski definition) is 3. The van der Waals surface area contributed by atoms with Crippen molar-refractivity contribution in [2.24, 2.45) is 5.73 Å². The summed E-state index contributed by atoms with van der Waals surface area (Å²) in [5.41, 5.74) is 6.40. The van der Waals surface area contributed by atoms with Crippen LogP contribution >= 0.6 is 0 Å². The van der Waals surface area contributed by atoms with Crippen molar-refractivity contribution in [3.8, 4) is 0 Å². The summed E-state index contributed by atoms with van der Waals surface area (Å²) in [5, 5.41) is 9.44. The number of rotatable bonds is 2. The smallest absolute Gasteiger partial charge is 0.331 e. The number of carbonyl (C=O) groups excluding carboxylic acids is 1. The van der Waals surface area contributed by atoms with Crippen LogP contribution in [0.2, 0.25) is 0 Å². The molecule has 0 spiro atoms. The molecule has 1 aliphatic heterocycles. The summed E-state index contributed by atoms with van der Waals surface area (Å²) >= 11 is 0. The van der Waals surface area contributed by atoms with Crippen molar-refractivity contribution in [2.45, 2.75) is 31.8 Å². The quantitative estimate of drug-likeness (QED) is 0.830. The van der Waals surface area contributed by atoms with E-state index in [1.54, 1.807) is 26.0 Å². The molecule has 0 saturated heterocycles. The highest BCUT2D eigenvalue weighted by molar-refractivity contribution is 5.90. The highest BCUT2D eigenvalue weighted by Gasteiger charge is 2.39. The lowest BCUT2D eigenvalue weighted by atomic mass is 9.91. The Bertz CT molecular complexity index is 520. The first kappa shape index (κ1) is 13.5. The van der Waals surface area contributed by atoms with Gasteiger partial charge in [-0.25, -0.2) is 4.79 Å². The van der Waals surface area contributed by atoms with Crippen LogP contribution < -0.4 is 5.73 Å². The standard InChI is InChI=1S/C14H18N2O3/c1-14(2,15)13(19)16-8-7-9-5-3-4-6-10(9)11(16)12(17)18/h3-6,11H,7-8,15H2,1-2H3,(H,17,18). The molecule has 1 heterocycles. The van der Waals surface area contributed by atoms with Gasteiger partial charge in [0.2, 0.25) is 5.91 Å². The second-order valence-corrected chi connectivity index (χ2v) is 5.41. The summed E-state index contributed by atoms with van der Waals surface area (Å²) in [6.45, 7) is 3.57. The van der Waals surface area contributed by atoms with Crippen LogP contribution in [0, 0.1) is 0 Å². The van der Waals surface area contributed by atoms with Crippen LogP contribution in [0.3, 0.4) is 0 Å². The molecule has 1 aromatic rings. The van der Waals surface area contributed by atoms with Gasteiger partial charge in [0.1, 0.15) is 0 Å². The fourth-order valence-corrected chi connectivity index (χ4v) is 2.42. The number of benzene rings is 1. The highest BCUT2D eigenvalue weighted by atomic mass is 16.4. The maximum atomic E-state index is 12.3. The Morgan fingerprint density at radius 2 is 2.00 bits per heavy atom. The molecule has 0 saturated carbocycles. The number of amides is 1. The molecule has 0 radical (unpaired) electrons. The van der Waals surface area contributed by atoms with Gasteiger partial charge in [0, 0.05) is 6.54 Å². The average Bonchev–Trinajstić information content (AvgIpc) is 2.35. The second kappa shape index (κ2) is 4.66. The Morgan fingerprint density at radius 3 is 2.58 bits per heavy atom. The van der Waals surface area contributed by atoms with Crippen molar-refractivity contribution < 1.29 is 14.7 Å². The molecule has 1 aromatic carbocycles. The van der Waals surface area contributed by atoms with Gasteiger partial charge >= 0.3 is 5.97 Å². The molecule has 3 N–H and O–H groups in total. The van der Waals surface area contributed by atoms with E-state index in [2.05, 4.69) is 0 Å². The van der Waals surface area contributed by atoms with Crippen molar-refractivity contribution in [3.05, 3.63) is 35.4 Å². The van der Waals surface area contributed by atoms with E-state index in [9.17, 15) is 14.7 Å². The third-order valence-corrected chi connectivity index (χ3v) is 3.33. The second-order valence-electron chi connectivity index (χ2n) is 5.41. The summed E-state index contributed by atoms with van der Waals surface area (Å²) in [7, 11) is 0. The minimum absolute atomic E-state index is 0.339. The van der Waals surface area contributed by atoms with Gasteiger partial charge in [0.15, 0.2) is 6.04 Å². The van der Waals surface area contributed by atoms with Crippen LogP contribution in [-0.2, 0) is 16.0 Å². The summed E-state index contributed by atoms with van der Waals surface area (Å²) in [6, 6.07) is 6.39. The number of aliphatic carboxylic acids is 1. The molecule has 1 unspecified atom stereocenters. The molecule has 0 aliphatic carbocycles. The third-order valence-electron chi connectivity index (χ3n) is 3.33. The first-order valence-electron chi connectivity index (χ1n) is 6.23. The monoisotopic (exact) mass is 262 g/mol. The number of nitrogens with zero attached hydrogens (tertiary/aromatic N) is 1. The predicted octanol–water partition coefficient (Wildman–Crippen LogP) is 0.934. The van der Waals surface area contributed by atoms with Crippen molar-refractivity contribution in [3.63, 3.8) is 0 Å². The lowest BCUT2D eigenvalue weighted by Gasteiger charge is -2.38. The van der Waals surface area contributed by atoms with E-state index in [1.807, 2.05) is 12.1 Å². The Labute approximate surface area is 112 Å². The number of carbonyl (C=O) groups is 2. The Kier molecular flexibility index (Phi) is 3.32. The van der Waals surface area contributed by atoms with E-state index in [0.29, 0.717) is 18.5 Å². The SMILES string of the molecule is CC(C)(N)C(=O)N1CCc2ccccc2C1C(=O)O. The highest BCUT2D eigenvalue weighted by Crippen LogP contribution is 2.31. The molecule has 2 rings (SSSR count). The normalized spacial score (nSPS) is 18.9. The number of nitrogens with two attached hydrogens (primary N) is 1. The molecule has 0 fully saturated rings. The largest absolute Gasteiger partial charge is 0.479 e. The van der Waals surface area contributed by atoms with Gasteiger partial charge in [-0.3, -0.25) is 4.79 Å². The number of hydrogen-bond donors (Lipinski definition) is 2. The van der Waals surface area contributed by atoms with E-state index in [1.165, 1.54) is 4.90 Å². The molecule has 0 aromatic heterocycles. The predicted molar refractivity (Wildman–Crippen MR) is 70.5 cm³/mol. The van der Waals surface area contributed by atoms with Crippen molar-refractivity contribution >= 4 is 11.9 Å². The van der Waals surface area contributed by atoms with E-state index in [-0.39, 0.29) is 5.91 Å². The first-order chi connectivity index (χ1) is 8.82. The zero-order valence-corrected chi connectivity index (χ0v) is 11.1. The van der Waals surface area contributed by atoms with Crippen molar-refractivity contribution in [1.82, 2.24) is 4.90 Å². The molecule has 102 valence electrons. The molecule has 1 aliphatic rings. The maximum Gasteiger partial charge on any atom is 0.331 e. The molecule has 1 amide bonds. The van der Waals surface area contributed by atoms with Crippen LogP contribution in [0.1, 0.15) is 31.0 Å². The molecular formula is C14H18N2O3. The lowest BCUT2D eigenvalue weighted by Crippen LogP contribution is -2.55. The van der Waals surface area contributed by atoms with Gasteiger partial charge < -0.3 is 15.7 Å². The van der Waals surface area contributed by atoms with Gasteiger partial charge in [-0.1, -0.05) is 24.3 Å². The van der Waals surface area contributed by atoms with Gasteiger partial charge in [-0.05, 0) is 31.4 Å². The van der Waals surface area contributed by atoms with E-state index >= 15 is 0 Å². The Morgan fingerprint density at radius 1 is 1.37 bits per heavy atom. The molecule has 0 bridgehead atoms. The van der Waals surface area contributed by atoms with Crippen LogP contribution in [0.4, 0.5) is 0 Å². The fraction of sp³-hybridized carbons (Fsp3) is 0.429.